The summed E-state index contributed by atoms with van der Waals surface area (Å²) in [6.07, 6.45) is -3.80. The molecule has 3 aromatic rings. The van der Waals surface area contributed by atoms with Crippen molar-refractivity contribution in [2.75, 3.05) is 13.6 Å². The summed E-state index contributed by atoms with van der Waals surface area (Å²) in [7, 11) is -5.62. The van der Waals surface area contributed by atoms with Crippen LogP contribution in [0.2, 0.25) is 0 Å². The number of rotatable bonds is 13. The van der Waals surface area contributed by atoms with Crippen molar-refractivity contribution in [3.63, 3.8) is 0 Å². The molecule has 0 aliphatic heterocycles. The van der Waals surface area contributed by atoms with E-state index in [1.165, 1.54) is 38.1 Å². The molecule has 250 valence electrons. The molecule has 2 aromatic carbocycles. The highest BCUT2D eigenvalue weighted by Crippen LogP contribution is 2.67. The number of carbonyl (C=O) groups excluding carboxylic acids is 3. The molecule has 0 saturated heterocycles. The first kappa shape index (κ1) is 36.8. The Labute approximate surface area is 274 Å². The van der Waals surface area contributed by atoms with E-state index in [-0.39, 0.29) is 21.4 Å². The van der Waals surface area contributed by atoms with Gasteiger partial charge in [0, 0.05) is 15.4 Å². The monoisotopic (exact) mass is 750 g/mol. The number of benzene rings is 2. The summed E-state index contributed by atoms with van der Waals surface area (Å²) in [5.41, 5.74) is -3.41. The number of hydrogen-bond acceptors (Lipinski definition) is 13. The van der Waals surface area contributed by atoms with Gasteiger partial charge in [-0.15, -0.1) is 11.3 Å². The first-order chi connectivity index (χ1) is 21.6. The first-order valence-corrected chi connectivity index (χ1v) is 16.6. The molecule has 1 heterocycles. The summed E-state index contributed by atoms with van der Waals surface area (Å²) in [6.45, 7) is 4.11. The van der Waals surface area contributed by atoms with Gasteiger partial charge in [-0.1, -0.05) is 40.2 Å². The SMILES string of the molecule is CC(C)OC(=O)OCOC(=O)c1ccc(-c2csc(=N)n2Cc2ccc(C(F)(F)P(=O)(OCO)OC(=O)OC(C)C)c(Br)c2)cc1. The van der Waals surface area contributed by atoms with E-state index in [0.717, 1.165) is 17.4 Å². The number of nitrogens with zero attached hydrogens (tertiary/aromatic N) is 1. The lowest BCUT2D eigenvalue weighted by molar-refractivity contribution is -0.0345. The average molecular weight is 751 g/mol. The zero-order chi connectivity index (χ0) is 34.2. The van der Waals surface area contributed by atoms with Gasteiger partial charge in [0.1, 0.15) is 0 Å². The predicted octanol–water partition coefficient (Wildman–Crippen LogP) is 6.95. The molecule has 0 aliphatic rings. The first-order valence-electron chi connectivity index (χ1n) is 13.3. The molecule has 0 amide bonds. The lowest BCUT2D eigenvalue weighted by atomic mass is 10.1. The van der Waals surface area contributed by atoms with Gasteiger partial charge in [0.05, 0.1) is 30.0 Å². The van der Waals surface area contributed by atoms with Crippen LogP contribution in [0.25, 0.3) is 11.3 Å². The van der Waals surface area contributed by atoms with Crippen LogP contribution in [0.1, 0.15) is 49.2 Å². The number of esters is 1. The Bertz CT molecular complexity index is 1660. The van der Waals surface area contributed by atoms with Gasteiger partial charge in [-0.25, -0.2) is 18.9 Å². The summed E-state index contributed by atoms with van der Waals surface area (Å²) in [5, 5.41) is 19.2. The van der Waals surface area contributed by atoms with Crippen molar-refractivity contribution in [2.45, 2.75) is 52.1 Å². The molecule has 18 heteroatoms. The number of hydrogen-bond donors (Lipinski definition) is 2. The fourth-order valence-electron chi connectivity index (χ4n) is 3.73. The number of carbonyl (C=O) groups is 3. The number of nitrogens with one attached hydrogen (secondary N) is 1. The van der Waals surface area contributed by atoms with E-state index in [0.29, 0.717) is 16.8 Å². The number of halogens is 3. The van der Waals surface area contributed by atoms with Crippen LogP contribution >= 0.6 is 34.9 Å². The minimum atomic E-state index is -5.62. The number of ether oxygens (including phenoxy) is 4. The molecule has 46 heavy (non-hydrogen) atoms. The molecule has 0 radical (unpaired) electrons. The van der Waals surface area contributed by atoms with Gasteiger partial charge in [-0.05, 0) is 57.0 Å². The quantitative estimate of drug-likeness (QED) is 0.0801. The van der Waals surface area contributed by atoms with Crippen molar-refractivity contribution in [1.29, 1.82) is 5.41 Å². The minimum Gasteiger partial charge on any atom is -0.431 e. The van der Waals surface area contributed by atoms with Crippen LogP contribution in [0.15, 0.2) is 52.3 Å². The average Bonchev–Trinajstić information content (AvgIpc) is 3.31. The number of alkyl halides is 2. The highest BCUT2D eigenvalue weighted by molar-refractivity contribution is 9.10. The third-order valence-corrected chi connectivity index (χ3v) is 8.94. The largest absolute Gasteiger partial charge is 0.515 e. The third kappa shape index (κ3) is 9.22. The summed E-state index contributed by atoms with van der Waals surface area (Å²) < 4.78 is 73.1. The Kier molecular flexibility index (Phi) is 12.6. The highest BCUT2D eigenvalue weighted by Gasteiger charge is 2.58. The van der Waals surface area contributed by atoms with Crippen molar-refractivity contribution >= 4 is 53.1 Å². The predicted molar refractivity (Wildman–Crippen MR) is 162 cm³/mol. The Morgan fingerprint density at radius 3 is 2.24 bits per heavy atom. The summed E-state index contributed by atoms with van der Waals surface area (Å²) in [6, 6.07) is 9.76. The lowest BCUT2D eigenvalue weighted by Crippen LogP contribution is -2.23. The van der Waals surface area contributed by atoms with Crippen LogP contribution in [-0.4, -0.2) is 53.7 Å². The maximum Gasteiger partial charge on any atom is 0.515 e. The molecule has 0 aliphatic carbocycles. The maximum atomic E-state index is 15.5. The Hall–Kier alpha value is -3.63. The molecule has 0 fully saturated rings. The smallest absolute Gasteiger partial charge is 0.431 e. The second-order valence-corrected chi connectivity index (χ2v) is 13.5. The Morgan fingerprint density at radius 1 is 1.02 bits per heavy atom. The van der Waals surface area contributed by atoms with Crippen molar-refractivity contribution in [1.82, 2.24) is 4.57 Å². The van der Waals surface area contributed by atoms with Crippen LogP contribution in [-0.2, 0) is 44.8 Å². The molecule has 0 saturated carbocycles. The highest BCUT2D eigenvalue weighted by atomic mass is 79.9. The van der Waals surface area contributed by atoms with Crippen LogP contribution in [0.5, 0.6) is 0 Å². The fourth-order valence-corrected chi connectivity index (χ4v) is 6.55. The fraction of sp³-hybridized carbons (Fsp3) is 0.357. The van der Waals surface area contributed by atoms with Crippen molar-refractivity contribution in [2.24, 2.45) is 0 Å². The van der Waals surface area contributed by atoms with Gasteiger partial charge in [0.2, 0.25) is 6.79 Å². The van der Waals surface area contributed by atoms with Crippen molar-refractivity contribution < 1.29 is 60.8 Å². The maximum absolute atomic E-state index is 15.5. The lowest BCUT2D eigenvalue weighted by Gasteiger charge is -2.26. The summed E-state index contributed by atoms with van der Waals surface area (Å²) in [5.74, 6) is -0.749. The van der Waals surface area contributed by atoms with E-state index >= 15 is 8.78 Å². The molecule has 1 atom stereocenters. The second kappa shape index (κ2) is 15.8. The van der Waals surface area contributed by atoms with Crippen LogP contribution in [0.3, 0.4) is 0 Å². The normalized spacial score (nSPS) is 12.8. The van der Waals surface area contributed by atoms with Crippen LogP contribution in [0, 0.1) is 5.41 Å². The Morgan fingerprint density at radius 2 is 1.65 bits per heavy atom. The van der Waals surface area contributed by atoms with E-state index in [1.54, 1.807) is 35.9 Å². The van der Waals surface area contributed by atoms with Crippen molar-refractivity contribution in [3.8, 4) is 11.3 Å². The van der Waals surface area contributed by atoms with Gasteiger partial charge < -0.3 is 33.1 Å². The standard InChI is InChI=1S/C28H30BrF2N2O11PS/c1-16(2)42-26(36)40-15-39-24(35)20-8-6-19(7-9-20)23-13-46-25(32)33(23)12-18-5-10-21(22(29)11-18)28(30,31)45(38,41-14-34)44-27(37)43-17(3)4/h5-11,13,16-17,32,34H,12,14-15H2,1-4H3. The second-order valence-electron chi connectivity index (χ2n) is 9.82. The summed E-state index contributed by atoms with van der Waals surface area (Å²) in [4.78, 5) is 35.7. The van der Waals surface area contributed by atoms with Gasteiger partial charge in [-0.2, -0.15) is 8.78 Å². The molecule has 13 nitrogen and oxygen atoms in total. The van der Waals surface area contributed by atoms with E-state index in [1.807, 2.05) is 0 Å². The Balaban J connectivity index is 1.78. The zero-order valence-electron chi connectivity index (χ0n) is 24.9. The minimum absolute atomic E-state index is 0.0533. The van der Waals surface area contributed by atoms with Crippen LogP contribution in [0.4, 0.5) is 18.4 Å². The zero-order valence-corrected chi connectivity index (χ0v) is 28.2. The molecular weight excluding hydrogens is 721 g/mol. The third-order valence-electron chi connectivity index (χ3n) is 5.73. The molecular formula is C28H30BrF2N2O11PS. The number of thiazole rings is 1. The van der Waals surface area contributed by atoms with E-state index in [2.05, 4.69) is 34.5 Å². The molecule has 3 rings (SSSR count). The molecule has 0 bridgehead atoms. The molecule has 1 aromatic heterocycles. The van der Waals surface area contributed by atoms with Gasteiger partial charge in [0.15, 0.2) is 11.6 Å². The van der Waals surface area contributed by atoms with E-state index in [9.17, 15) is 18.9 Å². The number of aromatic nitrogens is 1. The molecule has 0 spiro atoms. The topological polar surface area (TPSA) is 173 Å². The molecule has 1 unspecified atom stereocenters. The number of aliphatic hydroxyl groups is 1. The van der Waals surface area contributed by atoms with E-state index < -0.39 is 62.9 Å². The van der Waals surface area contributed by atoms with Gasteiger partial charge in [-0.3, -0.25) is 9.93 Å². The van der Waals surface area contributed by atoms with Gasteiger partial charge in [0.25, 0.3) is 0 Å². The van der Waals surface area contributed by atoms with Gasteiger partial charge >= 0.3 is 31.5 Å². The number of aliphatic hydroxyl groups excluding tert-OH is 1. The summed E-state index contributed by atoms with van der Waals surface area (Å²) >= 11 is 4.17. The molecule has 2 N–H and O–H groups in total. The van der Waals surface area contributed by atoms with E-state index in [4.69, 9.17) is 20.0 Å². The van der Waals surface area contributed by atoms with Crippen molar-refractivity contribution in [3.05, 3.63) is 73.8 Å². The van der Waals surface area contributed by atoms with Crippen LogP contribution < -0.4 is 4.80 Å².